The number of alkyl halides is 3. The monoisotopic (exact) mass is 379 g/mol. The Labute approximate surface area is 144 Å². The first-order valence-electron chi connectivity index (χ1n) is 7.52. The standard InChI is InChI=1S/C15H20F3N3O3S/c1-9-7-11(24-14(9,2)15(16,17)18)13(22)21-10-5-6-20-12(8-10)25(4,23)19-3/h5-6,8-9,11H,7H2,1-4H3,(H,20,21,22). The van der Waals surface area contributed by atoms with E-state index in [0.717, 1.165) is 6.92 Å². The molecule has 2 heterocycles. The lowest BCUT2D eigenvalue weighted by molar-refractivity contribution is -0.272. The zero-order chi connectivity index (χ0) is 19.0. The van der Waals surface area contributed by atoms with Gasteiger partial charge in [0.25, 0.3) is 5.91 Å². The van der Waals surface area contributed by atoms with Crippen molar-refractivity contribution in [2.75, 3.05) is 18.6 Å². The van der Waals surface area contributed by atoms with Gasteiger partial charge in [0.05, 0.1) is 9.73 Å². The van der Waals surface area contributed by atoms with Crippen LogP contribution >= 0.6 is 0 Å². The van der Waals surface area contributed by atoms with E-state index in [1.54, 1.807) is 0 Å². The molecule has 0 aromatic carbocycles. The number of ether oxygens (including phenoxy) is 1. The lowest BCUT2D eigenvalue weighted by atomic mass is 9.89. The molecule has 1 aliphatic rings. The Kier molecular flexibility index (Phi) is 5.16. The van der Waals surface area contributed by atoms with Crippen LogP contribution in [0.3, 0.4) is 0 Å². The van der Waals surface area contributed by atoms with E-state index in [9.17, 15) is 22.2 Å². The summed E-state index contributed by atoms with van der Waals surface area (Å²) >= 11 is 0. The number of carbonyl (C=O) groups excluding carboxylic acids is 1. The van der Waals surface area contributed by atoms with Crippen LogP contribution in [0.2, 0.25) is 0 Å². The predicted molar refractivity (Wildman–Crippen MR) is 86.7 cm³/mol. The molecule has 10 heteroatoms. The average Bonchev–Trinajstić information content (AvgIpc) is 2.84. The molecule has 1 aromatic heterocycles. The maximum absolute atomic E-state index is 13.2. The maximum Gasteiger partial charge on any atom is 0.417 e. The number of rotatable bonds is 3. The fourth-order valence-corrected chi connectivity index (χ4v) is 3.31. The topological polar surface area (TPSA) is 80.7 Å². The van der Waals surface area contributed by atoms with Crippen molar-refractivity contribution in [2.45, 2.75) is 43.2 Å². The molecule has 0 bridgehead atoms. The quantitative estimate of drug-likeness (QED) is 0.876. The van der Waals surface area contributed by atoms with Crippen LogP contribution in [0.1, 0.15) is 20.3 Å². The summed E-state index contributed by atoms with van der Waals surface area (Å²) in [5, 5.41) is 2.67. The summed E-state index contributed by atoms with van der Waals surface area (Å²) in [6.07, 6.45) is -3.09. The van der Waals surface area contributed by atoms with Gasteiger partial charge in [0.2, 0.25) is 0 Å². The first kappa shape index (κ1) is 19.6. The van der Waals surface area contributed by atoms with Crippen LogP contribution in [0.5, 0.6) is 0 Å². The lowest BCUT2D eigenvalue weighted by Gasteiger charge is -2.30. The van der Waals surface area contributed by atoms with Gasteiger partial charge in [-0.05, 0) is 31.4 Å². The fourth-order valence-electron chi connectivity index (χ4n) is 2.52. The molecule has 25 heavy (non-hydrogen) atoms. The van der Waals surface area contributed by atoms with E-state index in [2.05, 4.69) is 14.7 Å². The summed E-state index contributed by atoms with van der Waals surface area (Å²) in [4.78, 5) is 16.2. The van der Waals surface area contributed by atoms with Crippen LogP contribution in [0.15, 0.2) is 27.7 Å². The van der Waals surface area contributed by atoms with E-state index in [1.165, 1.54) is 38.6 Å². The predicted octanol–water partition coefficient (Wildman–Crippen LogP) is 2.85. The zero-order valence-corrected chi connectivity index (χ0v) is 15.1. The van der Waals surface area contributed by atoms with Gasteiger partial charge in [-0.15, -0.1) is 0 Å². The molecular formula is C15H20F3N3O3S. The van der Waals surface area contributed by atoms with Gasteiger partial charge in [-0.2, -0.15) is 13.2 Å². The second kappa shape index (κ2) is 6.56. The van der Waals surface area contributed by atoms with E-state index >= 15 is 0 Å². The highest BCUT2D eigenvalue weighted by molar-refractivity contribution is 7.92. The average molecular weight is 379 g/mol. The number of halogens is 3. The molecule has 4 unspecified atom stereocenters. The van der Waals surface area contributed by atoms with Crippen LogP contribution in [0, 0.1) is 5.92 Å². The van der Waals surface area contributed by atoms with Crippen molar-refractivity contribution in [1.82, 2.24) is 4.98 Å². The Morgan fingerprint density at radius 2 is 2.16 bits per heavy atom. The van der Waals surface area contributed by atoms with Crippen molar-refractivity contribution in [3.63, 3.8) is 0 Å². The number of pyridine rings is 1. The molecule has 140 valence electrons. The van der Waals surface area contributed by atoms with Gasteiger partial charge in [-0.1, -0.05) is 6.92 Å². The lowest BCUT2D eigenvalue weighted by Crippen LogP contribution is -2.47. The molecule has 0 aliphatic carbocycles. The smallest absolute Gasteiger partial charge is 0.352 e. The molecule has 4 atom stereocenters. The van der Waals surface area contributed by atoms with Crippen molar-refractivity contribution in [2.24, 2.45) is 10.3 Å². The highest BCUT2D eigenvalue weighted by atomic mass is 32.2. The molecule has 0 saturated carbocycles. The molecular weight excluding hydrogens is 359 g/mol. The van der Waals surface area contributed by atoms with Crippen LogP contribution in [-0.2, 0) is 19.3 Å². The number of carbonyl (C=O) groups is 1. The molecule has 1 N–H and O–H groups in total. The number of anilines is 1. The van der Waals surface area contributed by atoms with Gasteiger partial charge < -0.3 is 10.1 Å². The van der Waals surface area contributed by atoms with Crippen molar-refractivity contribution in [3.05, 3.63) is 18.3 Å². The van der Waals surface area contributed by atoms with Crippen LogP contribution in [-0.4, -0.2) is 46.3 Å². The number of nitrogens with zero attached hydrogens (tertiary/aromatic N) is 2. The van der Waals surface area contributed by atoms with E-state index < -0.39 is 39.4 Å². The van der Waals surface area contributed by atoms with Gasteiger partial charge in [-0.25, -0.2) is 13.6 Å². The number of aromatic nitrogens is 1. The molecule has 1 saturated heterocycles. The minimum Gasteiger partial charge on any atom is -0.352 e. The molecule has 0 spiro atoms. The second-order valence-electron chi connectivity index (χ2n) is 6.21. The minimum absolute atomic E-state index is 0.0470. The Morgan fingerprint density at radius 3 is 2.68 bits per heavy atom. The van der Waals surface area contributed by atoms with Crippen molar-refractivity contribution >= 4 is 21.3 Å². The molecule has 1 aliphatic heterocycles. The van der Waals surface area contributed by atoms with E-state index in [1.807, 2.05) is 0 Å². The summed E-state index contributed by atoms with van der Waals surface area (Å²) in [5.74, 6) is -1.54. The third-order valence-corrected chi connectivity index (χ3v) is 6.19. The summed E-state index contributed by atoms with van der Waals surface area (Å²) < 4.78 is 60.5. The summed E-state index contributed by atoms with van der Waals surface area (Å²) in [5.41, 5.74) is -2.10. The Hall–Kier alpha value is -1.68. The molecule has 0 radical (unpaired) electrons. The number of hydrogen-bond acceptors (Lipinski definition) is 5. The first-order valence-corrected chi connectivity index (χ1v) is 9.45. The highest BCUT2D eigenvalue weighted by Crippen LogP contribution is 2.46. The van der Waals surface area contributed by atoms with Crippen molar-refractivity contribution in [3.8, 4) is 0 Å². The molecule has 6 nitrogen and oxygen atoms in total. The van der Waals surface area contributed by atoms with E-state index in [4.69, 9.17) is 4.74 Å². The molecule has 1 fully saturated rings. The summed E-state index contributed by atoms with van der Waals surface area (Å²) in [6, 6.07) is 2.84. The third kappa shape index (κ3) is 3.79. The third-order valence-electron chi connectivity index (χ3n) is 4.49. The first-order chi connectivity index (χ1) is 11.4. The maximum atomic E-state index is 13.2. The van der Waals surface area contributed by atoms with Crippen molar-refractivity contribution in [1.29, 1.82) is 0 Å². The zero-order valence-electron chi connectivity index (χ0n) is 14.3. The summed E-state index contributed by atoms with van der Waals surface area (Å²) in [6.45, 7) is 2.35. The largest absolute Gasteiger partial charge is 0.417 e. The van der Waals surface area contributed by atoms with Gasteiger partial charge in [0, 0.05) is 25.2 Å². The normalized spacial score (nSPS) is 29.1. The Morgan fingerprint density at radius 1 is 1.52 bits per heavy atom. The van der Waals surface area contributed by atoms with Crippen LogP contribution < -0.4 is 5.32 Å². The Balaban J connectivity index is 2.17. The van der Waals surface area contributed by atoms with Crippen molar-refractivity contribution < 1.29 is 26.9 Å². The SMILES string of the molecule is CN=S(C)(=O)c1cc(NC(=O)C2CC(C)C(C)(C(F)(F)F)O2)ccn1. The fraction of sp³-hybridized carbons (Fsp3) is 0.600. The van der Waals surface area contributed by atoms with Gasteiger partial charge in [0.1, 0.15) is 11.1 Å². The minimum atomic E-state index is -4.57. The molecule has 2 rings (SSSR count). The summed E-state index contributed by atoms with van der Waals surface area (Å²) in [7, 11) is -1.30. The number of hydrogen-bond donors (Lipinski definition) is 1. The molecule has 1 amide bonds. The molecule has 1 aromatic rings. The van der Waals surface area contributed by atoms with E-state index in [-0.39, 0.29) is 17.1 Å². The van der Waals surface area contributed by atoms with Crippen LogP contribution in [0.4, 0.5) is 18.9 Å². The van der Waals surface area contributed by atoms with Gasteiger partial charge >= 0.3 is 6.18 Å². The van der Waals surface area contributed by atoms with Gasteiger partial charge in [0.15, 0.2) is 5.60 Å². The second-order valence-corrected chi connectivity index (χ2v) is 8.59. The Bertz CT molecular complexity index is 790. The van der Waals surface area contributed by atoms with Crippen LogP contribution in [0.25, 0.3) is 0 Å². The number of amides is 1. The van der Waals surface area contributed by atoms with E-state index in [0.29, 0.717) is 0 Å². The van der Waals surface area contributed by atoms with Gasteiger partial charge in [-0.3, -0.25) is 4.79 Å². The highest BCUT2D eigenvalue weighted by Gasteiger charge is 2.61. The number of nitrogens with one attached hydrogen (secondary N) is 1.